The van der Waals surface area contributed by atoms with E-state index in [1.165, 1.54) is 0 Å². The molecule has 2 heterocycles. The van der Waals surface area contributed by atoms with Gasteiger partial charge in [-0.3, -0.25) is 4.79 Å². The van der Waals surface area contributed by atoms with Crippen LogP contribution in [0.3, 0.4) is 0 Å². The summed E-state index contributed by atoms with van der Waals surface area (Å²) in [7, 11) is 3.88. The fourth-order valence-corrected chi connectivity index (χ4v) is 3.48. The number of hydrogen-bond acceptors (Lipinski definition) is 4. The van der Waals surface area contributed by atoms with E-state index >= 15 is 0 Å². The summed E-state index contributed by atoms with van der Waals surface area (Å²) in [6.07, 6.45) is 3.88. The van der Waals surface area contributed by atoms with Crippen LogP contribution in [0.4, 0.5) is 5.82 Å². The minimum absolute atomic E-state index is 0.0731. The number of pyridine rings is 1. The van der Waals surface area contributed by atoms with Gasteiger partial charge in [0.25, 0.3) is 0 Å². The predicted molar refractivity (Wildman–Crippen MR) is 128 cm³/mol. The van der Waals surface area contributed by atoms with Gasteiger partial charge in [-0.05, 0) is 42.0 Å². The maximum atomic E-state index is 12.8. The summed E-state index contributed by atoms with van der Waals surface area (Å²) in [5.74, 6) is 0.780. The zero-order valence-corrected chi connectivity index (χ0v) is 18.8. The standard InChI is InChI=1S/C25H24ClN5O/c1-30(2)23-14-18(12-13-27-23)16-28-24(32)15-20-17-31(22-6-4-3-5-7-22)29-25(20)19-8-10-21(26)11-9-19/h3-14,17H,15-16H2,1-2H3,(H,28,32). The lowest BCUT2D eigenvalue weighted by atomic mass is 10.1. The summed E-state index contributed by atoms with van der Waals surface area (Å²) in [6, 6.07) is 21.2. The van der Waals surface area contributed by atoms with Crippen molar-refractivity contribution in [1.29, 1.82) is 0 Å². The van der Waals surface area contributed by atoms with Gasteiger partial charge in [0, 0.05) is 49.2 Å². The Hall–Kier alpha value is -3.64. The summed E-state index contributed by atoms with van der Waals surface area (Å²) in [4.78, 5) is 19.0. The minimum atomic E-state index is -0.0731. The van der Waals surface area contributed by atoms with Crippen LogP contribution in [0.5, 0.6) is 0 Å². The lowest BCUT2D eigenvalue weighted by Gasteiger charge is -2.12. The van der Waals surface area contributed by atoms with Crippen LogP contribution in [0, 0.1) is 0 Å². The Kier molecular flexibility index (Phi) is 6.52. The third-order valence-electron chi connectivity index (χ3n) is 5.04. The van der Waals surface area contributed by atoms with Crippen LogP contribution in [-0.2, 0) is 17.8 Å². The smallest absolute Gasteiger partial charge is 0.224 e. The number of carbonyl (C=O) groups is 1. The number of carbonyl (C=O) groups excluding carboxylic acids is 1. The summed E-state index contributed by atoms with van der Waals surface area (Å²) in [5.41, 5.74) is 4.45. The number of nitrogens with one attached hydrogen (secondary N) is 1. The van der Waals surface area contributed by atoms with Crippen molar-refractivity contribution in [3.8, 4) is 16.9 Å². The van der Waals surface area contributed by atoms with Crippen LogP contribution >= 0.6 is 11.6 Å². The first-order valence-electron chi connectivity index (χ1n) is 10.3. The zero-order chi connectivity index (χ0) is 22.5. The number of amides is 1. The molecule has 0 atom stereocenters. The van der Waals surface area contributed by atoms with Crippen molar-refractivity contribution < 1.29 is 4.79 Å². The minimum Gasteiger partial charge on any atom is -0.363 e. The van der Waals surface area contributed by atoms with E-state index in [2.05, 4.69) is 10.3 Å². The fourth-order valence-electron chi connectivity index (χ4n) is 3.35. The Morgan fingerprint density at radius 2 is 1.81 bits per heavy atom. The molecule has 0 aliphatic heterocycles. The SMILES string of the molecule is CN(C)c1cc(CNC(=O)Cc2cn(-c3ccccc3)nc2-c2ccc(Cl)cc2)ccn1. The van der Waals surface area contributed by atoms with Gasteiger partial charge in [-0.25, -0.2) is 9.67 Å². The van der Waals surface area contributed by atoms with E-state index in [1.807, 2.05) is 91.9 Å². The number of nitrogens with zero attached hydrogens (tertiary/aromatic N) is 4. The van der Waals surface area contributed by atoms with Gasteiger partial charge in [-0.1, -0.05) is 41.9 Å². The largest absolute Gasteiger partial charge is 0.363 e. The van der Waals surface area contributed by atoms with Crippen LogP contribution in [0.15, 0.2) is 79.1 Å². The first-order valence-corrected chi connectivity index (χ1v) is 10.7. The molecule has 0 radical (unpaired) electrons. The molecule has 2 aromatic carbocycles. The molecule has 0 saturated heterocycles. The number of benzene rings is 2. The van der Waals surface area contributed by atoms with E-state index in [4.69, 9.17) is 16.7 Å². The topological polar surface area (TPSA) is 63.1 Å². The summed E-state index contributed by atoms with van der Waals surface area (Å²) >= 11 is 6.06. The summed E-state index contributed by atoms with van der Waals surface area (Å²) in [6.45, 7) is 0.436. The molecule has 162 valence electrons. The normalized spacial score (nSPS) is 10.7. The average molecular weight is 446 g/mol. The highest BCUT2D eigenvalue weighted by Gasteiger charge is 2.15. The second-order valence-electron chi connectivity index (χ2n) is 7.66. The predicted octanol–water partition coefficient (Wildman–Crippen LogP) is 4.51. The Bertz CT molecular complexity index is 1200. The Balaban J connectivity index is 1.55. The first-order chi connectivity index (χ1) is 15.5. The van der Waals surface area contributed by atoms with Crippen LogP contribution in [0.25, 0.3) is 16.9 Å². The highest BCUT2D eigenvalue weighted by Crippen LogP contribution is 2.25. The van der Waals surface area contributed by atoms with E-state index < -0.39 is 0 Å². The molecule has 0 unspecified atom stereocenters. The Morgan fingerprint density at radius 3 is 2.53 bits per heavy atom. The Labute approximate surface area is 192 Å². The van der Waals surface area contributed by atoms with Gasteiger partial charge in [-0.15, -0.1) is 0 Å². The van der Waals surface area contributed by atoms with Crippen molar-refractivity contribution in [2.75, 3.05) is 19.0 Å². The molecule has 7 heteroatoms. The lowest BCUT2D eigenvalue weighted by molar-refractivity contribution is -0.120. The molecule has 2 aromatic heterocycles. The Morgan fingerprint density at radius 1 is 1.06 bits per heavy atom. The average Bonchev–Trinajstić information content (AvgIpc) is 3.22. The quantitative estimate of drug-likeness (QED) is 0.454. The van der Waals surface area contributed by atoms with Gasteiger partial charge in [0.2, 0.25) is 5.91 Å². The first kappa shape index (κ1) is 21.6. The van der Waals surface area contributed by atoms with Crippen molar-refractivity contribution >= 4 is 23.3 Å². The number of halogens is 1. The number of rotatable bonds is 7. The van der Waals surface area contributed by atoms with Gasteiger partial charge in [0.1, 0.15) is 5.82 Å². The molecule has 6 nitrogen and oxygen atoms in total. The highest BCUT2D eigenvalue weighted by molar-refractivity contribution is 6.30. The van der Waals surface area contributed by atoms with Gasteiger partial charge in [0.05, 0.1) is 17.8 Å². The second kappa shape index (κ2) is 9.66. The highest BCUT2D eigenvalue weighted by atomic mass is 35.5. The molecule has 0 bridgehead atoms. The molecule has 0 spiro atoms. The maximum Gasteiger partial charge on any atom is 0.224 e. The van der Waals surface area contributed by atoms with Crippen LogP contribution in [0.1, 0.15) is 11.1 Å². The maximum absolute atomic E-state index is 12.8. The molecule has 0 aliphatic carbocycles. The van der Waals surface area contributed by atoms with Gasteiger partial charge in [0.15, 0.2) is 0 Å². The number of para-hydroxylation sites is 1. The molecule has 4 rings (SSSR count). The second-order valence-corrected chi connectivity index (χ2v) is 8.10. The van der Waals surface area contributed by atoms with Crippen molar-refractivity contribution in [3.05, 3.63) is 95.3 Å². The van der Waals surface area contributed by atoms with Gasteiger partial charge >= 0.3 is 0 Å². The monoisotopic (exact) mass is 445 g/mol. The summed E-state index contributed by atoms with van der Waals surface area (Å²) in [5, 5.41) is 8.43. The molecule has 1 amide bonds. The van der Waals surface area contributed by atoms with E-state index in [0.29, 0.717) is 11.6 Å². The molecular weight excluding hydrogens is 422 g/mol. The molecule has 0 fully saturated rings. The van der Waals surface area contributed by atoms with Crippen molar-refractivity contribution in [3.63, 3.8) is 0 Å². The van der Waals surface area contributed by atoms with Crippen molar-refractivity contribution in [1.82, 2.24) is 20.1 Å². The van der Waals surface area contributed by atoms with E-state index in [9.17, 15) is 4.79 Å². The van der Waals surface area contributed by atoms with Gasteiger partial charge < -0.3 is 10.2 Å². The molecule has 4 aromatic rings. The third kappa shape index (κ3) is 5.15. The van der Waals surface area contributed by atoms with Crippen molar-refractivity contribution in [2.45, 2.75) is 13.0 Å². The van der Waals surface area contributed by atoms with E-state index in [0.717, 1.165) is 33.9 Å². The number of hydrogen-bond donors (Lipinski definition) is 1. The van der Waals surface area contributed by atoms with E-state index in [-0.39, 0.29) is 12.3 Å². The molecule has 32 heavy (non-hydrogen) atoms. The number of aromatic nitrogens is 3. The van der Waals surface area contributed by atoms with Gasteiger partial charge in [-0.2, -0.15) is 5.10 Å². The molecule has 0 saturated carbocycles. The molecule has 1 N–H and O–H groups in total. The van der Waals surface area contributed by atoms with Crippen LogP contribution in [0.2, 0.25) is 5.02 Å². The van der Waals surface area contributed by atoms with Crippen LogP contribution in [-0.4, -0.2) is 34.8 Å². The number of anilines is 1. The fraction of sp³-hybridized carbons (Fsp3) is 0.160. The summed E-state index contributed by atoms with van der Waals surface area (Å²) < 4.78 is 1.80. The molecule has 0 aliphatic rings. The zero-order valence-electron chi connectivity index (χ0n) is 18.0. The molecular formula is C25H24ClN5O. The van der Waals surface area contributed by atoms with E-state index in [1.54, 1.807) is 10.9 Å². The van der Waals surface area contributed by atoms with Crippen LogP contribution < -0.4 is 10.2 Å². The van der Waals surface area contributed by atoms with Crippen molar-refractivity contribution in [2.24, 2.45) is 0 Å². The third-order valence-corrected chi connectivity index (χ3v) is 5.29. The lowest BCUT2D eigenvalue weighted by Crippen LogP contribution is -2.24.